The third kappa shape index (κ3) is 9.24. The lowest BCUT2D eigenvalue weighted by atomic mass is 9.98. The monoisotopic (exact) mass is 624 g/mol. The van der Waals surface area contributed by atoms with Crippen molar-refractivity contribution < 1.29 is 28.2 Å². The zero-order valence-electron chi connectivity index (χ0n) is 25.3. The van der Waals surface area contributed by atoms with Gasteiger partial charge in [0.1, 0.15) is 22.4 Å². The van der Waals surface area contributed by atoms with E-state index in [1.54, 1.807) is 31.5 Å². The lowest BCUT2D eigenvalue weighted by Gasteiger charge is -2.18. The molecule has 9 nitrogen and oxygen atoms in total. The number of rotatable bonds is 16. The molecule has 0 atom stereocenters. The number of ether oxygens (including phenoxy) is 3. The minimum Gasteiger partial charge on any atom is -0.493 e. The van der Waals surface area contributed by atoms with Crippen LogP contribution in [0, 0.1) is 0 Å². The minimum atomic E-state index is -0.469. The lowest BCUT2D eigenvalue weighted by molar-refractivity contribution is -0.125. The van der Waals surface area contributed by atoms with Crippen LogP contribution in [-0.4, -0.2) is 59.9 Å². The highest BCUT2D eigenvalue weighted by atomic mass is 35.5. The molecule has 1 aromatic carbocycles. The van der Waals surface area contributed by atoms with Crippen molar-refractivity contribution in [3.8, 4) is 23.1 Å². The quantitative estimate of drug-likeness (QED) is 0.129. The molecule has 1 aliphatic carbocycles. The molecule has 0 aliphatic heterocycles. The average Bonchev–Trinajstić information content (AvgIpc) is 3.01. The summed E-state index contributed by atoms with van der Waals surface area (Å²) >= 11 is 6.46. The third-order valence-corrected chi connectivity index (χ3v) is 7.59. The standard InChI is InChI=1S/C33H38ClFN4O5/c1-4-39(5-2)15-6-16-43-31-20-28-26(19-30(31)42-3)29(13-14-36-28)44-33-27(34)17-24(21-37-33)38-32(41)18-25(40)12-9-22-7-10-23(35)11-8-22/h7,10,13-14,17,19-21H,4-6,8-9,11-12,15-16,18H2,1-3H3,(H,38,41). The van der Waals surface area contributed by atoms with Crippen LogP contribution in [0.5, 0.6) is 23.1 Å². The molecule has 0 bridgehead atoms. The number of nitrogens with zero attached hydrogens (tertiary/aromatic N) is 3. The maximum atomic E-state index is 13.1. The van der Waals surface area contributed by atoms with E-state index in [1.807, 2.05) is 6.07 Å². The van der Waals surface area contributed by atoms with Crippen LogP contribution in [0.3, 0.4) is 0 Å². The number of allylic oxidation sites excluding steroid dienone is 4. The molecule has 0 fully saturated rings. The first-order chi connectivity index (χ1) is 21.3. The molecule has 3 aromatic rings. The topological polar surface area (TPSA) is 103 Å². The first-order valence-electron chi connectivity index (χ1n) is 14.8. The highest BCUT2D eigenvalue weighted by molar-refractivity contribution is 6.32. The van der Waals surface area contributed by atoms with Gasteiger partial charge in [0, 0.05) is 37.0 Å². The van der Waals surface area contributed by atoms with Crippen LogP contribution in [0.15, 0.2) is 60.2 Å². The van der Waals surface area contributed by atoms with E-state index in [9.17, 15) is 14.0 Å². The van der Waals surface area contributed by atoms with Gasteiger partial charge in [-0.15, -0.1) is 0 Å². The summed E-state index contributed by atoms with van der Waals surface area (Å²) in [6.45, 7) is 7.79. The Balaban J connectivity index is 1.36. The van der Waals surface area contributed by atoms with Gasteiger partial charge in [-0.1, -0.05) is 37.1 Å². The Bertz CT molecular complexity index is 1540. The predicted octanol–water partition coefficient (Wildman–Crippen LogP) is 7.45. The Labute approximate surface area is 262 Å². The molecule has 0 saturated carbocycles. The Morgan fingerprint density at radius 3 is 2.59 bits per heavy atom. The zero-order chi connectivity index (χ0) is 31.5. The van der Waals surface area contributed by atoms with Gasteiger partial charge in [0.25, 0.3) is 0 Å². The van der Waals surface area contributed by atoms with Gasteiger partial charge < -0.3 is 24.4 Å². The van der Waals surface area contributed by atoms with Crippen molar-refractivity contribution in [3.05, 3.63) is 65.2 Å². The molecule has 1 N–H and O–H groups in total. The van der Waals surface area contributed by atoms with E-state index in [1.165, 1.54) is 18.3 Å². The highest BCUT2D eigenvalue weighted by Gasteiger charge is 2.16. The van der Waals surface area contributed by atoms with E-state index in [-0.39, 0.29) is 35.4 Å². The van der Waals surface area contributed by atoms with Crippen molar-refractivity contribution in [2.24, 2.45) is 0 Å². The fourth-order valence-electron chi connectivity index (χ4n) is 4.81. The van der Waals surface area contributed by atoms with Gasteiger partial charge in [-0.25, -0.2) is 9.37 Å². The molecule has 11 heteroatoms. The molecular formula is C33H38ClFN4O5. The Hall–Kier alpha value is -4.02. The summed E-state index contributed by atoms with van der Waals surface area (Å²) < 4.78 is 30.8. The summed E-state index contributed by atoms with van der Waals surface area (Å²) in [4.78, 5) is 35.8. The summed E-state index contributed by atoms with van der Waals surface area (Å²) in [6, 6.07) is 6.82. The second kappa shape index (κ2) is 16.2. The van der Waals surface area contributed by atoms with Gasteiger partial charge in [0.15, 0.2) is 11.5 Å². The molecule has 2 heterocycles. The Morgan fingerprint density at radius 2 is 1.89 bits per heavy atom. The zero-order valence-corrected chi connectivity index (χ0v) is 26.1. The molecule has 44 heavy (non-hydrogen) atoms. The fourth-order valence-corrected chi connectivity index (χ4v) is 5.01. The van der Waals surface area contributed by atoms with Crippen molar-refractivity contribution >= 4 is 39.9 Å². The number of nitrogens with one attached hydrogen (secondary N) is 1. The number of carbonyl (C=O) groups is 2. The molecular weight excluding hydrogens is 587 g/mol. The normalized spacial score (nSPS) is 13.0. The molecule has 234 valence electrons. The molecule has 0 radical (unpaired) electrons. The minimum absolute atomic E-state index is 0.134. The molecule has 2 aromatic heterocycles. The molecule has 4 rings (SSSR count). The number of aromatic nitrogens is 2. The predicted molar refractivity (Wildman–Crippen MR) is 170 cm³/mol. The molecule has 1 aliphatic rings. The lowest BCUT2D eigenvalue weighted by Crippen LogP contribution is -2.25. The van der Waals surface area contributed by atoms with E-state index in [2.05, 4.69) is 34.0 Å². The van der Waals surface area contributed by atoms with Gasteiger partial charge in [0.2, 0.25) is 11.8 Å². The number of methoxy groups -OCH3 is 1. The summed E-state index contributed by atoms with van der Waals surface area (Å²) in [5.74, 6) is 0.908. The largest absolute Gasteiger partial charge is 0.493 e. The maximum Gasteiger partial charge on any atom is 0.238 e. The van der Waals surface area contributed by atoms with Crippen LogP contribution in [0.1, 0.15) is 52.4 Å². The number of halogens is 2. The first-order valence-corrected chi connectivity index (χ1v) is 15.2. The molecule has 0 saturated heterocycles. The van der Waals surface area contributed by atoms with E-state index in [0.717, 1.165) is 31.6 Å². The van der Waals surface area contributed by atoms with Crippen LogP contribution in [-0.2, 0) is 9.59 Å². The number of hydrogen-bond acceptors (Lipinski definition) is 8. The van der Waals surface area contributed by atoms with Gasteiger partial charge in [-0.3, -0.25) is 14.6 Å². The van der Waals surface area contributed by atoms with Crippen molar-refractivity contribution in [1.82, 2.24) is 14.9 Å². The van der Waals surface area contributed by atoms with E-state index in [0.29, 0.717) is 59.7 Å². The van der Waals surface area contributed by atoms with Crippen LogP contribution in [0.4, 0.5) is 10.1 Å². The van der Waals surface area contributed by atoms with E-state index < -0.39 is 5.91 Å². The summed E-state index contributed by atoms with van der Waals surface area (Å²) in [5, 5.41) is 3.50. The van der Waals surface area contributed by atoms with Gasteiger partial charge >= 0.3 is 0 Å². The van der Waals surface area contributed by atoms with Crippen LogP contribution < -0.4 is 19.5 Å². The summed E-state index contributed by atoms with van der Waals surface area (Å²) in [6.07, 6.45) is 8.44. The van der Waals surface area contributed by atoms with Crippen molar-refractivity contribution in [1.29, 1.82) is 0 Å². The number of pyridine rings is 2. The Kier molecular flexibility index (Phi) is 12.1. The second-order valence-corrected chi connectivity index (χ2v) is 10.8. The number of carbonyl (C=O) groups excluding carboxylic acids is 2. The second-order valence-electron chi connectivity index (χ2n) is 10.4. The average molecular weight is 625 g/mol. The first kappa shape index (κ1) is 32.9. The van der Waals surface area contributed by atoms with Crippen LogP contribution >= 0.6 is 11.6 Å². The number of anilines is 1. The van der Waals surface area contributed by atoms with Gasteiger partial charge in [0.05, 0.1) is 37.5 Å². The number of amides is 1. The van der Waals surface area contributed by atoms with E-state index in [4.69, 9.17) is 25.8 Å². The number of ketones is 1. The third-order valence-electron chi connectivity index (χ3n) is 7.32. The van der Waals surface area contributed by atoms with Crippen LogP contribution in [0.25, 0.3) is 10.9 Å². The molecule has 0 unspecified atom stereocenters. The number of Topliss-reactive ketones (excluding diaryl/α,β-unsaturated/α-hetero) is 1. The Morgan fingerprint density at radius 1 is 1.07 bits per heavy atom. The summed E-state index contributed by atoms with van der Waals surface area (Å²) in [7, 11) is 1.58. The van der Waals surface area contributed by atoms with Crippen molar-refractivity contribution in [2.75, 3.05) is 38.7 Å². The highest BCUT2D eigenvalue weighted by Crippen LogP contribution is 2.38. The molecule has 1 amide bonds. The number of fused-ring (bicyclic) bond motifs is 1. The SMILES string of the molecule is CCN(CC)CCCOc1cc2nccc(Oc3ncc(NC(=O)CC(=O)CCC4=CC=C(F)CC4)cc3Cl)c2cc1OC. The fraction of sp³-hybridized carbons (Fsp3) is 0.394. The summed E-state index contributed by atoms with van der Waals surface area (Å²) in [5.41, 5.74) is 1.98. The number of benzene rings is 1. The van der Waals surface area contributed by atoms with Gasteiger partial charge in [-0.2, -0.15) is 0 Å². The van der Waals surface area contributed by atoms with Crippen molar-refractivity contribution in [3.63, 3.8) is 0 Å². The van der Waals surface area contributed by atoms with E-state index >= 15 is 0 Å². The van der Waals surface area contributed by atoms with Gasteiger partial charge in [-0.05, 0) is 56.6 Å². The number of hydrogen-bond donors (Lipinski definition) is 1. The maximum absolute atomic E-state index is 13.1. The molecule has 0 spiro atoms. The smallest absolute Gasteiger partial charge is 0.238 e. The van der Waals surface area contributed by atoms with Crippen molar-refractivity contribution in [2.45, 2.75) is 52.4 Å². The van der Waals surface area contributed by atoms with Crippen LogP contribution in [0.2, 0.25) is 5.02 Å².